The van der Waals surface area contributed by atoms with Gasteiger partial charge >= 0.3 is 6.03 Å². The number of nitrogens with one attached hydrogen (secondary N) is 1. The van der Waals surface area contributed by atoms with Gasteiger partial charge < -0.3 is 14.5 Å². The van der Waals surface area contributed by atoms with Crippen LogP contribution in [-0.4, -0.2) is 64.5 Å². The molecule has 8 nitrogen and oxygen atoms in total. The van der Waals surface area contributed by atoms with Crippen molar-refractivity contribution in [3.63, 3.8) is 0 Å². The molecule has 2 heterocycles. The number of nitrogens with zero attached hydrogens (tertiary/aromatic N) is 4. The summed E-state index contributed by atoms with van der Waals surface area (Å²) in [6.07, 6.45) is 9.35. The Hall–Kier alpha value is -3.16. The standard InChI is InChI=1S/C25H33N5O3/c1-19-10-12-26-24(27-19)28-25(32)30-15-13-29(14-16-30)23(31)21-8-5-9-22(18-21)33-17-11-20-6-3-2-4-7-20/h5,8-10,12,18,20H,2-4,6-7,11,13-17H2,1H3,(H,26,27,28,32). The van der Waals surface area contributed by atoms with Gasteiger partial charge in [0.1, 0.15) is 5.75 Å². The Kier molecular flexibility index (Phi) is 7.75. The van der Waals surface area contributed by atoms with E-state index in [0.717, 1.165) is 23.8 Å². The van der Waals surface area contributed by atoms with Crippen molar-refractivity contribution >= 4 is 17.9 Å². The first-order valence-electron chi connectivity index (χ1n) is 12.0. The zero-order valence-electron chi connectivity index (χ0n) is 19.3. The molecule has 1 aliphatic heterocycles. The highest BCUT2D eigenvalue weighted by Crippen LogP contribution is 2.26. The molecule has 1 saturated heterocycles. The van der Waals surface area contributed by atoms with E-state index in [1.807, 2.05) is 31.2 Å². The molecule has 1 aliphatic carbocycles. The molecule has 4 rings (SSSR count). The Balaban J connectivity index is 1.25. The minimum Gasteiger partial charge on any atom is -0.494 e. The lowest BCUT2D eigenvalue weighted by Gasteiger charge is -2.34. The molecular weight excluding hydrogens is 418 g/mol. The molecule has 33 heavy (non-hydrogen) atoms. The molecule has 3 amide bonds. The van der Waals surface area contributed by atoms with Crippen molar-refractivity contribution < 1.29 is 14.3 Å². The summed E-state index contributed by atoms with van der Waals surface area (Å²) < 4.78 is 5.96. The van der Waals surface area contributed by atoms with Crippen molar-refractivity contribution in [1.82, 2.24) is 19.8 Å². The third-order valence-electron chi connectivity index (χ3n) is 6.47. The molecule has 1 saturated carbocycles. The first-order valence-corrected chi connectivity index (χ1v) is 12.0. The number of aryl methyl sites for hydroxylation is 1. The van der Waals surface area contributed by atoms with Crippen LogP contribution in [-0.2, 0) is 0 Å². The Labute approximate surface area is 195 Å². The van der Waals surface area contributed by atoms with E-state index in [1.54, 1.807) is 22.1 Å². The van der Waals surface area contributed by atoms with Crippen LogP contribution >= 0.6 is 0 Å². The van der Waals surface area contributed by atoms with Gasteiger partial charge in [-0.3, -0.25) is 10.1 Å². The monoisotopic (exact) mass is 451 g/mol. The average molecular weight is 452 g/mol. The van der Waals surface area contributed by atoms with E-state index in [4.69, 9.17) is 4.74 Å². The summed E-state index contributed by atoms with van der Waals surface area (Å²) in [5.74, 6) is 1.77. The van der Waals surface area contributed by atoms with Crippen molar-refractivity contribution in [2.45, 2.75) is 45.4 Å². The second-order valence-corrected chi connectivity index (χ2v) is 8.90. The van der Waals surface area contributed by atoms with Crippen molar-refractivity contribution in [1.29, 1.82) is 0 Å². The maximum absolute atomic E-state index is 13.0. The number of rotatable bonds is 6. The summed E-state index contributed by atoms with van der Waals surface area (Å²) in [6.45, 7) is 4.42. The quantitative estimate of drug-likeness (QED) is 0.714. The number of urea groups is 1. The molecule has 1 aromatic heterocycles. The van der Waals surface area contributed by atoms with Gasteiger partial charge in [0.2, 0.25) is 5.95 Å². The summed E-state index contributed by atoms with van der Waals surface area (Å²) in [5, 5.41) is 2.72. The van der Waals surface area contributed by atoms with E-state index in [2.05, 4.69) is 15.3 Å². The fourth-order valence-corrected chi connectivity index (χ4v) is 4.52. The lowest BCUT2D eigenvalue weighted by molar-refractivity contribution is 0.0671. The van der Waals surface area contributed by atoms with Crippen LogP contribution in [0.4, 0.5) is 10.7 Å². The lowest BCUT2D eigenvalue weighted by atomic mass is 9.87. The van der Waals surface area contributed by atoms with E-state index < -0.39 is 0 Å². The van der Waals surface area contributed by atoms with Gasteiger partial charge in [0, 0.05) is 43.6 Å². The first kappa shape index (κ1) is 23.0. The second-order valence-electron chi connectivity index (χ2n) is 8.90. The summed E-state index contributed by atoms with van der Waals surface area (Å²) in [4.78, 5) is 37.2. The number of carbonyl (C=O) groups is 2. The lowest BCUT2D eigenvalue weighted by Crippen LogP contribution is -2.51. The van der Waals surface area contributed by atoms with Crippen molar-refractivity contribution in [2.75, 3.05) is 38.1 Å². The average Bonchev–Trinajstić information content (AvgIpc) is 2.84. The number of benzene rings is 1. The maximum atomic E-state index is 13.0. The van der Waals surface area contributed by atoms with Gasteiger partial charge in [0.05, 0.1) is 6.61 Å². The van der Waals surface area contributed by atoms with Gasteiger partial charge in [0.15, 0.2) is 0 Å². The molecule has 1 N–H and O–H groups in total. The van der Waals surface area contributed by atoms with Gasteiger partial charge in [0.25, 0.3) is 5.91 Å². The van der Waals surface area contributed by atoms with Gasteiger partial charge in [-0.25, -0.2) is 14.8 Å². The molecule has 2 aliphatic rings. The second kappa shape index (κ2) is 11.1. The highest BCUT2D eigenvalue weighted by atomic mass is 16.5. The third-order valence-corrected chi connectivity index (χ3v) is 6.47. The molecule has 0 spiro atoms. The molecule has 2 aromatic rings. The molecule has 0 radical (unpaired) electrons. The zero-order valence-corrected chi connectivity index (χ0v) is 19.3. The highest BCUT2D eigenvalue weighted by Gasteiger charge is 2.25. The van der Waals surface area contributed by atoms with E-state index in [0.29, 0.717) is 44.3 Å². The molecule has 2 fully saturated rings. The normalized spacial score (nSPS) is 17.0. The Morgan fingerprint density at radius 1 is 1.06 bits per heavy atom. The zero-order chi connectivity index (χ0) is 23.0. The van der Waals surface area contributed by atoms with E-state index in [9.17, 15) is 9.59 Å². The minimum atomic E-state index is -0.249. The predicted octanol–water partition coefficient (Wildman–Crippen LogP) is 4.12. The summed E-state index contributed by atoms with van der Waals surface area (Å²) >= 11 is 0. The van der Waals surface area contributed by atoms with Crippen LogP contribution in [0.25, 0.3) is 0 Å². The topological polar surface area (TPSA) is 87.7 Å². The number of piperazine rings is 1. The molecular formula is C25H33N5O3. The van der Waals surface area contributed by atoms with Gasteiger partial charge in [-0.05, 0) is 43.5 Å². The van der Waals surface area contributed by atoms with Crippen LogP contribution in [0.1, 0.15) is 54.6 Å². The third kappa shape index (κ3) is 6.43. The fourth-order valence-electron chi connectivity index (χ4n) is 4.52. The van der Waals surface area contributed by atoms with Gasteiger partial charge in [-0.2, -0.15) is 0 Å². The number of aromatic nitrogens is 2. The number of carbonyl (C=O) groups excluding carboxylic acids is 2. The van der Waals surface area contributed by atoms with Crippen LogP contribution in [0.5, 0.6) is 5.75 Å². The summed E-state index contributed by atoms with van der Waals surface area (Å²) in [5.41, 5.74) is 1.41. The van der Waals surface area contributed by atoms with Crippen LogP contribution in [0.3, 0.4) is 0 Å². The van der Waals surface area contributed by atoms with Crippen LogP contribution in [0.2, 0.25) is 0 Å². The SMILES string of the molecule is Cc1ccnc(NC(=O)N2CCN(C(=O)c3cccc(OCCC4CCCCC4)c3)CC2)n1. The molecule has 176 valence electrons. The number of ether oxygens (including phenoxy) is 1. The van der Waals surface area contributed by atoms with Crippen LogP contribution < -0.4 is 10.1 Å². The minimum absolute atomic E-state index is 0.0326. The number of amides is 3. The summed E-state index contributed by atoms with van der Waals surface area (Å²) in [6, 6.07) is 8.96. The maximum Gasteiger partial charge on any atom is 0.324 e. The number of hydrogen-bond donors (Lipinski definition) is 1. The van der Waals surface area contributed by atoms with E-state index >= 15 is 0 Å². The Morgan fingerprint density at radius 2 is 1.82 bits per heavy atom. The van der Waals surface area contributed by atoms with Crippen molar-refractivity contribution in [2.24, 2.45) is 5.92 Å². The fraction of sp³-hybridized carbons (Fsp3) is 0.520. The van der Waals surface area contributed by atoms with Gasteiger partial charge in [-0.1, -0.05) is 38.2 Å². The first-order chi connectivity index (χ1) is 16.1. The number of anilines is 1. The summed E-state index contributed by atoms with van der Waals surface area (Å²) in [7, 11) is 0. The van der Waals surface area contributed by atoms with Crippen LogP contribution in [0, 0.1) is 12.8 Å². The molecule has 0 unspecified atom stereocenters. The Morgan fingerprint density at radius 3 is 2.58 bits per heavy atom. The van der Waals surface area contributed by atoms with Gasteiger partial charge in [-0.15, -0.1) is 0 Å². The largest absolute Gasteiger partial charge is 0.494 e. The molecule has 8 heteroatoms. The van der Waals surface area contributed by atoms with Crippen molar-refractivity contribution in [3.05, 3.63) is 47.8 Å². The smallest absolute Gasteiger partial charge is 0.324 e. The molecule has 0 bridgehead atoms. The van der Waals surface area contributed by atoms with E-state index in [1.165, 1.54) is 32.1 Å². The number of hydrogen-bond acceptors (Lipinski definition) is 5. The Bertz CT molecular complexity index is 953. The predicted molar refractivity (Wildman–Crippen MR) is 126 cm³/mol. The van der Waals surface area contributed by atoms with Crippen molar-refractivity contribution in [3.8, 4) is 5.75 Å². The van der Waals surface area contributed by atoms with E-state index in [-0.39, 0.29) is 11.9 Å². The molecule has 0 atom stereocenters. The molecule has 1 aromatic carbocycles. The van der Waals surface area contributed by atoms with Crippen LogP contribution in [0.15, 0.2) is 36.5 Å². The highest BCUT2D eigenvalue weighted by molar-refractivity contribution is 5.95.